The number of amides is 1. The average Bonchev–Trinajstić information content (AvgIpc) is 2.88. The zero-order chi connectivity index (χ0) is 14.8. The molecular formula is C16H13ClN2OS. The fraction of sp³-hybridized carbons (Fsp3) is 0.125. The van der Waals surface area contributed by atoms with Crippen LogP contribution >= 0.6 is 22.9 Å². The summed E-state index contributed by atoms with van der Waals surface area (Å²) >= 11 is 7.37. The van der Waals surface area contributed by atoms with E-state index in [0.717, 1.165) is 16.6 Å². The first-order valence-corrected chi connectivity index (χ1v) is 7.81. The fourth-order valence-electron chi connectivity index (χ4n) is 2.04. The van der Waals surface area contributed by atoms with Crippen LogP contribution in [-0.4, -0.2) is 10.9 Å². The molecule has 3 aromatic rings. The lowest BCUT2D eigenvalue weighted by molar-refractivity contribution is 0.102. The number of hydrogen-bond acceptors (Lipinski definition) is 3. The summed E-state index contributed by atoms with van der Waals surface area (Å²) in [4.78, 5) is 16.6. The van der Waals surface area contributed by atoms with E-state index in [1.807, 2.05) is 6.07 Å². The Morgan fingerprint density at radius 1 is 1.29 bits per heavy atom. The van der Waals surface area contributed by atoms with Crippen LogP contribution in [0, 0.1) is 0 Å². The molecule has 2 aromatic carbocycles. The molecule has 1 aromatic heterocycles. The van der Waals surface area contributed by atoms with Crippen LogP contribution in [0.25, 0.3) is 10.2 Å². The third kappa shape index (κ3) is 3.06. The molecule has 0 unspecified atom stereocenters. The van der Waals surface area contributed by atoms with Gasteiger partial charge in [0.15, 0.2) is 5.13 Å². The number of halogens is 1. The molecule has 0 saturated carbocycles. The Morgan fingerprint density at radius 2 is 2.14 bits per heavy atom. The van der Waals surface area contributed by atoms with Crippen molar-refractivity contribution in [1.82, 2.24) is 4.98 Å². The second-order valence-electron chi connectivity index (χ2n) is 4.64. The van der Waals surface area contributed by atoms with Gasteiger partial charge in [-0.15, -0.1) is 0 Å². The molecule has 1 amide bonds. The van der Waals surface area contributed by atoms with Crippen LogP contribution in [0.5, 0.6) is 0 Å². The molecule has 1 heterocycles. The van der Waals surface area contributed by atoms with E-state index in [9.17, 15) is 4.79 Å². The number of hydrogen-bond donors (Lipinski definition) is 1. The van der Waals surface area contributed by atoms with Crippen molar-refractivity contribution >= 4 is 44.2 Å². The number of carbonyl (C=O) groups is 1. The number of aromatic nitrogens is 1. The highest BCUT2D eigenvalue weighted by Gasteiger charge is 2.10. The number of anilines is 1. The first kappa shape index (κ1) is 14.0. The molecule has 5 heteroatoms. The monoisotopic (exact) mass is 316 g/mol. The zero-order valence-electron chi connectivity index (χ0n) is 11.4. The van der Waals surface area contributed by atoms with Gasteiger partial charge >= 0.3 is 0 Å². The molecule has 0 saturated heterocycles. The number of nitrogens with one attached hydrogen (secondary N) is 1. The number of benzene rings is 2. The van der Waals surface area contributed by atoms with E-state index >= 15 is 0 Å². The van der Waals surface area contributed by atoms with Gasteiger partial charge in [0.2, 0.25) is 0 Å². The molecule has 0 aliphatic heterocycles. The topological polar surface area (TPSA) is 42.0 Å². The second-order valence-corrected chi connectivity index (χ2v) is 6.11. The number of rotatable bonds is 3. The van der Waals surface area contributed by atoms with Crippen molar-refractivity contribution in [2.45, 2.75) is 13.3 Å². The van der Waals surface area contributed by atoms with Gasteiger partial charge in [0, 0.05) is 10.6 Å². The Labute approximate surface area is 131 Å². The summed E-state index contributed by atoms with van der Waals surface area (Å²) in [5, 5.41) is 3.96. The van der Waals surface area contributed by atoms with Gasteiger partial charge in [-0.05, 0) is 42.3 Å². The first-order chi connectivity index (χ1) is 10.2. The lowest BCUT2D eigenvalue weighted by Crippen LogP contribution is -2.11. The molecule has 3 nitrogen and oxygen atoms in total. The van der Waals surface area contributed by atoms with Crippen molar-refractivity contribution in [2.24, 2.45) is 0 Å². The van der Waals surface area contributed by atoms with E-state index < -0.39 is 0 Å². The quantitative estimate of drug-likeness (QED) is 0.756. The highest BCUT2D eigenvalue weighted by molar-refractivity contribution is 7.22. The summed E-state index contributed by atoms with van der Waals surface area (Å²) in [6, 6.07) is 13.0. The van der Waals surface area contributed by atoms with Crippen molar-refractivity contribution in [3.05, 3.63) is 58.6 Å². The van der Waals surface area contributed by atoms with E-state index in [0.29, 0.717) is 15.7 Å². The van der Waals surface area contributed by atoms with E-state index in [1.54, 1.807) is 24.3 Å². The normalized spacial score (nSPS) is 10.8. The summed E-state index contributed by atoms with van der Waals surface area (Å²) in [7, 11) is 0. The van der Waals surface area contributed by atoms with Gasteiger partial charge < -0.3 is 0 Å². The first-order valence-electron chi connectivity index (χ1n) is 6.62. The maximum absolute atomic E-state index is 12.2. The van der Waals surface area contributed by atoms with Crippen molar-refractivity contribution in [3.8, 4) is 0 Å². The maximum atomic E-state index is 12.2. The highest BCUT2D eigenvalue weighted by Crippen LogP contribution is 2.27. The minimum absolute atomic E-state index is 0.202. The Hall–Kier alpha value is -1.91. The van der Waals surface area contributed by atoms with Crippen LogP contribution in [-0.2, 0) is 6.42 Å². The third-order valence-corrected chi connectivity index (χ3v) is 4.34. The van der Waals surface area contributed by atoms with Crippen molar-refractivity contribution in [3.63, 3.8) is 0 Å². The molecule has 106 valence electrons. The summed E-state index contributed by atoms with van der Waals surface area (Å²) in [5.41, 5.74) is 2.69. The third-order valence-electron chi connectivity index (χ3n) is 3.17. The lowest BCUT2D eigenvalue weighted by atomic mass is 10.2. The average molecular weight is 317 g/mol. The molecule has 3 rings (SSSR count). The van der Waals surface area contributed by atoms with Crippen LogP contribution in [0.15, 0.2) is 42.5 Å². The molecular weight excluding hydrogens is 304 g/mol. The van der Waals surface area contributed by atoms with Gasteiger partial charge in [-0.3, -0.25) is 10.1 Å². The van der Waals surface area contributed by atoms with Gasteiger partial charge in [-0.2, -0.15) is 0 Å². The Balaban J connectivity index is 1.86. The lowest BCUT2D eigenvalue weighted by Gasteiger charge is -2.01. The molecule has 0 spiro atoms. The molecule has 0 bridgehead atoms. The molecule has 0 atom stereocenters. The van der Waals surface area contributed by atoms with Gasteiger partial charge in [-0.1, -0.05) is 42.0 Å². The zero-order valence-corrected chi connectivity index (χ0v) is 13.0. The van der Waals surface area contributed by atoms with Crippen LogP contribution in [0.3, 0.4) is 0 Å². The maximum Gasteiger partial charge on any atom is 0.257 e. The Morgan fingerprint density at radius 3 is 2.90 bits per heavy atom. The van der Waals surface area contributed by atoms with Crippen molar-refractivity contribution in [1.29, 1.82) is 0 Å². The number of thiazole rings is 1. The number of aryl methyl sites for hydroxylation is 1. The minimum atomic E-state index is -0.202. The summed E-state index contributed by atoms with van der Waals surface area (Å²) < 4.78 is 1.08. The van der Waals surface area contributed by atoms with Gasteiger partial charge in [-0.25, -0.2) is 4.98 Å². The highest BCUT2D eigenvalue weighted by atomic mass is 35.5. The van der Waals surface area contributed by atoms with Crippen LogP contribution in [0.2, 0.25) is 5.02 Å². The summed E-state index contributed by atoms with van der Waals surface area (Å²) in [6.07, 6.45) is 0.984. The predicted molar refractivity (Wildman–Crippen MR) is 88.4 cm³/mol. The minimum Gasteiger partial charge on any atom is -0.298 e. The molecule has 21 heavy (non-hydrogen) atoms. The molecule has 0 aliphatic rings. The Bertz CT molecular complexity index is 813. The van der Waals surface area contributed by atoms with Gasteiger partial charge in [0.1, 0.15) is 0 Å². The standard InChI is InChI=1S/C16H13ClN2OS/c1-2-10-6-7-13-14(8-10)21-16(18-13)19-15(20)11-4-3-5-12(17)9-11/h3-9H,2H2,1H3,(H,18,19,20). The number of carbonyl (C=O) groups excluding carboxylic acids is 1. The van der Waals surface area contributed by atoms with Crippen molar-refractivity contribution < 1.29 is 4.79 Å². The van der Waals surface area contributed by atoms with E-state index in [1.165, 1.54) is 16.9 Å². The summed E-state index contributed by atoms with van der Waals surface area (Å²) in [5.74, 6) is -0.202. The second kappa shape index (κ2) is 5.84. The predicted octanol–water partition coefficient (Wildman–Crippen LogP) is 4.76. The number of nitrogens with zero attached hydrogens (tertiary/aromatic N) is 1. The molecule has 0 aliphatic carbocycles. The van der Waals surface area contributed by atoms with Crippen LogP contribution in [0.1, 0.15) is 22.8 Å². The van der Waals surface area contributed by atoms with Crippen molar-refractivity contribution in [2.75, 3.05) is 5.32 Å². The van der Waals surface area contributed by atoms with E-state index in [-0.39, 0.29) is 5.91 Å². The van der Waals surface area contributed by atoms with Crippen LogP contribution < -0.4 is 5.32 Å². The molecule has 1 N–H and O–H groups in total. The number of fused-ring (bicyclic) bond motifs is 1. The smallest absolute Gasteiger partial charge is 0.257 e. The fourth-order valence-corrected chi connectivity index (χ4v) is 3.16. The van der Waals surface area contributed by atoms with Gasteiger partial charge in [0.25, 0.3) is 5.91 Å². The van der Waals surface area contributed by atoms with Crippen LogP contribution in [0.4, 0.5) is 5.13 Å². The SMILES string of the molecule is CCc1ccc2nc(NC(=O)c3cccc(Cl)c3)sc2c1. The molecule has 0 fully saturated rings. The van der Waals surface area contributed by atoms with E-state index in [2.05, 4.69) is 29.4 Å². The van der Waals surface area contributed by atoms with E-state index in [4.69, 9.17) is 11.6 Å². The largest absolute Gasteiger partial charge is 0.298 e. The molecule has 0 radical (unpaired) electrons. The summed E-state index contributed by atoms with van der Waals surface area (Å²) in [6.45, 7) is 2.12. The van der Waals surface area contributed by atoms with Gasteiger partial charge in [0.05, 0.1) is 10.2 Å². The Kier molecular flexibility index (Phi) is 3.90.